The lowest BCUT2D eigenvalue weighted by atomic mass is 9.96. The Bertz CT molecular complexity index is 595. The highest BCUT2D eigenvalue weighted by Crippen LogP contribution is 2.37. The first-order valence-electron chi connectivity index (χ1n) is 7.85. The summed E-state index contributed by atoms with van der Waals surface area (Å²) in [5.74, 6) is 0.603. The molecule has 1 unspecified atom stereocenters. The maximum Gasteiger partial charge on any atom is 0.243 e. The average Bonchev–Trinajstić information content (AvgIpc) is 3.01. The zero-order chi connectivity index (χ0) is 16.9. The molecular weight excluding hydrogens is 318 g/mol. The molecule has 7 heteroatoms. The van der Waals surface area contributed by atoms with Crippen molar-refractivity contribution in [1.82, 2.24) is 4.31 Å². The molecule has 130 valence electrons. The second kappa shape index (κ2) is 7.61. The summed E-state index contributed by atoms with van der Waals surface area (Å²) in [5.41, 5.74) is -0.674. The van der Waals surface area contributed by atoms with Crippen molar-refractivity contribution in [2.45, 2.75) is 36.6 Å². The van der Waals surface area contributed by atoms with E-state index in [9.17, 15) is 13.5 Å². The van der Waals surface area contributed by atoms with Gasteiger partial charge in [0.05, 0.1) is 23.6 Å². The van der Waals surface area contributed by atoms with E-state index in [0.29, 0.717) is 38.3 Å². The highest BCUT2D eigenvalue weighted by Gasteiger charge is 2.46. The van der Waals surface area contributed by atoms with Gasteiger partial charge in [-0.15, -0.1) is 0 Å². The van der Waals surface area contributed by atoms with Crippen LogP contribution in [0, 0.1) is 0 Å². The minimum absolute atomic E-state index is 0.152. The summed E-state index contributed by atoms with van der Waals surface area (Å²) in [7, 11) is -2.03. The molecule has 1 aliphatic rings. The number of aliphatic hydroxyl groups excluding tert-OH is 1. The number of sulfonamides is 1. The molecule has 0 spiro atoms. The van der Waals surface area contributed by atoms with Crippen LogP contribution in [0.2, 0.25) is 0 Å². The van der Waals surface area contributed by atoms with Gasteiger partial charge in [0, 0.05) is 13.7 Å². The Kier molecular flexibility index (Phi) is 6.02. The Morgan fingerprint density at radius 2 is 1.96 bits per heavy atom. The van der Waals surface area contributed by atoms with Gasteiger partial charge in [-0.1, -0.05) is 6.92 Å². The standard InChI is InChI=1S/C16H25NO5S/c1-3-16(13-18)9-4-10-17(16)23(19,20)15-7-5-14(6-8-15)22-12-11-21-2/h5-8,18H,3-4,9-13H2,1-2H3. The van der Waals surface area contributed by atoms with Crippen molar-refractivity contribution < 1.29 is 23.0 Å². The molecule has 1 N–H and O–H groups in total. The Balaban J connectivity index is 2.19. The molecule has 6 nitrogen and oxygen atoms in total. The second-order valence-corrected chi connectivity index (χ2v) is 7.59. The molecule has 0 bridgehead atoms. The molecule has 0 radical (unpaired) electrons. The number of ether oxygens (including phenoxy) is 2. The van der Waals surface area contributed by atoms with Gasteiger partial charge in [0.15, 0.2) is 0 Å². The predicted octanol–water partition coefficient (Wildman–Crippen LogP) is 1.64. The van der Waals surface area contributed by atoms with Crippen molar-refractivity contribution in [3.8, 4) is 5.75 Å². The van der Waals surface area contributed by atoms with Crippen LogP contribution in [0.25, 0.3) is 0 Å². The highest BCUT2D eigenvalue weighted by atomic mass is 32.2. The zero-order valence-electron chi connectivity index (χ0n) is 13.7. The third-order valence-corrected chi connectivity index (χ3v) is 6.47. The summed E-state index contributed by atoms with van der Waals surface area (Å²) in [4.78, 5) is 0.227. The topological polar surface area (TPSA) is 76.1 Å². The number of hydrogen-bond donors (Lipinski definition) is 1. The second-order valence-electron chi connectivity index (χ2n) is 5.73. The first-order valence-corrected chi connectivity index (χ1v) is 9.30. The first-order chi connectivity index (χ1) is 11.0. The lowest BCUT2D eigenvalue weighted by Gasteiger charge is -2.35. The Morgan fingerprint density at radius 3 is 2.52 bits per heavy atom. The van der Waals surface area contributed by atoms with Crippen LogP contribution in [-0.2, 0) is 14.8 Å². The summed E-state index contributed by atoms with van der Waals surface area (Å²) in [6.07, 6.45) is 2.06. The lowest BCUT2D eigenvalue weighted by molar-refractivity contribution is 0.117. The van der Waals surface area contributed by atoms with Gasteiger partial charge >= 0.3 is 0 Å². The van der Waals surface area contributed by atoms with E-state index < -0.39 is 15.6 Å². The van der Waals surface area contributed by atoms with Gasteiger partial charge in [-0.2, -0.15) is 4.31 Å². The number of hydrogen-bond acceptors (Lipinski definition) is 5. The minimum Gasteiger partial charge on any atom is -0.491 e. The highest BCUT2D eigenvalue weighted by molar-refractivity contribution is 7.89. The van der Waals surface area contributed by atoms with Crippen LogP contribution in [-0.4, -0.2) is 56.8 Å². The van der Waals surface area contributed by atoms with Crippen LogP contribution in [0.1, 0.15) is 26.2 Å². The van der Waals surface area contributed by atoms with Gasteiger partial charge < -0.3 is 14.6 Å². The molecule has 0 saturated carbocycles. The lowest BCUT2D eigenvalue weighted by Crippen LogP contribution is -2.49. The van der Waals surface area contributed by atoms with E-state index in [1.54, 1.807) is 31.4 Å². The van der Waals surface area contributed by atoms with E-state index in [1.165, 1.54) is 4.31 Å². The van der Waals surface area contributed by atoms with E-state index in [1.807, 2.05) is 6.92 Å². The van der Waals surface area contributed by atoms with Gasteiger partial charge in [0.25, 0.3) is 0 Å². The summed E-state index contributed by atoms with van der Waals surface area (Å²) < 4.78 is 37.6. The molecular formula is C16H25NO5S. The number of rotatable bonds is 8. The fraction of sp³-hybridized carbons (Fsp3) is 0.625. The molecule has 1 saturated heterocycles. The Morgan fingerprint density at radius 1 is 1.26 bits per heavy atom. The fourth-order valence-corrected chi connectivity index (χ4v) is 4.88. The normalized spacial score (nSPS) is 22.4. The third-order valence-electron chi connectivity index (χ3n) is 4.45. The smallest absolute Gasteiger partial charge is 0.243 e. The van der Waals surface area contributed by atoms with E-state index in [0.717, 1.165) is 6.42 Å². The number of methoxy groups -OCH3 is 1. The van der Waals surface area contributed by atoms with E-state index in [4.69, 9.17) is 9.47 Å². The summed E-state index contributed by atoms with van der Waals surface area (Å²) in [6.45, 7) is 3.10. The monoisotopic (exact) mass is 343 g/mol. The molecule has 1 aromatic rings. The van der Waals surface area contributed by atoms with Gasteiger partial charge in [-0.25, -0.2) is 8.42 Å². The van der Waals surface area contributed by atoms with Gasteiger partial charge in [-0.3, -0.25) is 0 Å². The van der Waals surface area contributed by atoms with E-state index in [-0.39, 0.29) is 11.5 Å². The van der Waals surface area contributed by atoms with Crippen molar-refractivity contribution in [2.75, 3.05) is 33.5 Å². The quantitative estimate of drug-likeness (QED) is 0.726. The molecule has 2 rings (SSSR count). The van der Waals surface area contributed by atoms with Crippen LogP contribution in [0.4, 0.5) is 0 Å². The SMILES string of the molecule is CCC1(CO)CCCN1S(=O)(=O)c1ccc(OCCOC)cc1. The molecule has 1 aromatic carbocycles. The van der Waals surface area contributed by atoms with Crippen molar-refractivity contribution in [3.63, 3.8) is 0 Å². The van der Waals surface area contributed by atoms with Crippen molar-refractivity contribution in [3.05, 3.63) is 24.3 Å². The molecule has 1 aliphatic heterocycles. The van der Waals surface area contributed by atoms with Crippen LogP contribution in [0.3, 0.4) is 0 Å². The number of benzene rings is 1. The van der Waals surface area contributed by atoms with Gasteiger partial charge in [-0.05, 0) is 43.5 Å². The van der Waals surface area contributed by atoms with Crippen LogP contribution < -0.4 is 4.74 Å². The molecule has 0 aromatic heterocycles. The fourth-order valence-electron chi connectivity index (χ4n) is 2.99. The van der Waals surface area contributed by atoms with Crippen molar-refractivity contribution in [1.29, 1.82) is 0 Å². The number of aliphatic hydroxyl groups is 1. The Labute approximate surface area is 138 Å². The van der Waals surface area contributed by atoms with Gasteiger partial charge in [0.1, 0.15) is 12.4 Å². The largest absolute Gasteiger partial charge is 0.491 e. The average molecular weight is 343 g/mol. The summed E-state index contributed by atoms with van der Waals surface area (Å²) in [5, 5.41) is 9.72. The molecule has 23 heavy (non-hydrogen) atoms. The molecule has 0 aliphatic carbocycles. The van der Waals surface area contributed by atoms with Crippen LogP contribution >= 0.6 is 0 Å². The van der Waals surface area contributed by atoms with Crippen molar-refractivity contribution in [2.24, 2.45) is 0 Å². The van der Waals surface area contributed by atoms with E-state index in [2.05, 4.69) is 0 Å². The van der Waals surface area contributed by atoms with Gasteiger partial charge in [0.2, 0.25) is 10.0 Å². The predicted molar refractivity (Wildman–Crippen MR) is 87.0 cm³/mol. The van der Waals surface area contributed by atoms with Crippen LogP contribution in [0.5, 0.6) is 5.75 Å². The summed E-state index contributed by atoms with van der Waals surface area (Å²) >= 11 is 0. The Hall–Kier alpha value is -1.15. The molecule has 1 heterocycles. The number of nitrogens with zero attached hydrogens (tertiary/aromatic N) is 1. The summed E-state index contributed by atoms with van der Waals surface area (Å²) in [6, 6.07) is 6.39. The van der Waals surface area contributed by atoms with Crippen molar-refractivity contribution >= 4 is 10.0 Å². The zero-order valence-corrected chi connectivity index (χ0v) is 14.5. The minimum atomic E-state index is -3.62. The third kappa shape index (κ3) is 3.68. The van der Waals surface area contributed by atoms with E-state index >= 15 is 0 Å². The molecule has 0 amide bonds. The molecule has 1 fully saturated rings. The molecule has 1 atom stereocenters. The first kappa shape index (κ1) is 18.2. The van der Waals surface area contributed by atoms with Crippen LogP contribution in [0.15, 0.2) is 29.2 Å². The maximum atomic E-state index is 12.9. The maximum absolute atomic E-state index is 12.9.